The Hall–Kier alpha value is -1.19. The van der Waals surface area contributed by atoms with E-state index >= 15 is 0 Å². The lowest BCUT2D eigenvalue weighted by Gasteiger charge is -2.20. The van der Waals surface area contributed by atoms with Gasteiger partial charge in [-0.1, -0.05) is 40.2 Å². The van der Waals surface area contributed by atoms with Gasteiger partial charge in [0.25, 0.3) is 0 Å². The number of benzene rings is 2. The molecule has 2 unspecified atom stereocenters. The molecule has 1 aliphatic carbocycles. The van der Waals surface area contributed by atoms with Crippen LogP contribution in [0.15, 0.2) is 46.9 Å². The second kappa shape index (κ2) is 6.29. The van der Waals surface area contributed by atoms with Crippen LogP contribution in [0.3, 0.4) is 0 Å². The van der Waals surface area contributed by atoms with E-state index in [2.05, 4.69) is 46.4 Å². The molecule has 1 nitrogen and oxygen atoms in total. The third kappa shape index (κ3) is 3.35. The van der Waals surface area contributed by atoms with Gasteiger partial charge in [0.05, 0.1) is 0 Å². The summed E-state index contributed by atoms with van der Waals surface area (Å²) in [6, 6.07) is 14.0. The summed E-state index contributed by atoms with van der Waals surface area (Å²) in [6.07, 6.45) is 3.18. The average molecular weight is 348 g/mol. The zero-order valence-electron chi connectivity index (χ0n) is 12.1. The lowest BCUT2D eigenvalue weighted by molar-refractivity contribution is 0.451. The maximum absolute atomic E-state index is 12.9. The Balaban J connectivity index is 1.65. The summed E-state index contributed by atoms with van der Waals surface area (Å²) in [4.78, 5) is 0. The van der Waals surface area contributed by atoms with Gasteiger partial charge in [0.2, 0.25) is 0 Å². The summed E-state index contributed by atoms with van der Waals surface area (Å²) in [5.41, 5.74) is 4.02. The van der Waals surface area contributed by atoms with Gasteiger partial charge in [-0.15, -0.1) is 0 Å². The Bertz CT molecular complexity index is 624. The van der Waals surface area contributed by atoms with Crippen LogP contribution in [0.25, 0.3) is 0 Å². The molecule has 2 aromatic carbocycles. The van der Waals surface area contributed by atoms with Crippen molar-refractivity contribution in [3.05, 3.63) is 69.4 Å². The third-order valence-electron chi connectivity index (χ3n) is 4.15. The van der Waals surface area contributed by atoms with E-state index in [4.69, 9.17) is 0 Å². The zero-order chi connectivity index (χ0) is 14.8. The number of fused-ring (bicyclic) bond motifs is 1. The van der Waals surface area contributed by atoms with Crippen LogP contribution in [-0.4, -0.2) is 6.04 Å². The maximum atomic E-state index is 12.9. The number of hydrogen-bond donors (Lipinski definition) is 1. The van der Waals surface area contributed by atoms with E-state index in [-0.39, 0.29) is 5.82 Å². The molecule has 0 bridgehead atoms. The Kier molecular flexibility index (Phi) is 4.41. The summed E-state index contributed by atoms with van der Waals surface area (Å²) in [5, 5.41) is 3.71. The molecule has 0 saturated carbocycles. The van der Waals surface area contributed by atoms with Crippen molar-refractivity contribution in [2.45, 2.75) is 38.3 Å². The highest BCUT2D eigenvalue weighted by Gasteiger charge is 2.24. The van der Waals surface area contributed by atoms with Gasteiger partial charge in [-0.25, -0.2) is 4.39 Å². The molecule has 0 heterocycles. The molecule has 1 N–H and O–H groups in total. The van der Waals surface area contributed by atoms with Gasteiger partial charge in [0, 0.05) is 16.6 Å². The molecule has 110 valence electrons. The first kappa shape index (κ1) is 14.7. The van der Waals surface area contributed by atoms with E-state index in [9.17, 15) is 4.39 Å². The topological polar surface area (TPSA) is 12.0 Å². The highest BCUT2D eigenvalue weighted by molar-refractivity contribution is 9.10. The van der Waals surface area contributed by atoms with Crippen LogP contribution in [0.2, 0.25) is 0 Å². The first-order valence-electron chi connectivity index (χ1n) is 7.41. The second-order valence-corrected chi connectivity index (χ2v) is 6.65. The van der Waals surface area contributed by atoms with Crippen molar-refractivity contribution in [1.82, 2.24) is 5.32 Å². The molecule has 1 aliphatic rings. The van der Waals surface area contributed by atoms with Gasteiger partial charge < -0.3 is 5.32 Å². The van der Waals surface area contributed by atoms with Gasteiger partial charge in [0.15, 0.2) is 0 Å². The van der Waals surface area contributed by atoms with E-state index < -0.39 is 0 Å². The zero-order valence-corrected chi connectivity index (χ0v) is 13.7. The molecule has 0 fully saturated rings. The van der Waals surface area contributed by atoms with Crippen LogP contribution >= 0.6 is 15.9 Å². The molecule has 0 aliphatic heterocycles. The highest BCUT2D eigenvalue weighted by Crippen LogP contribution is 2.35. The van der Waals surface area contributed by atoms with Crippen LogP contribution in [-0.2, 0) is 12.8 Å². The molecule has 3 heteroatoms. The minimum atomic E-state index is -0.172. The molecule has 0 aromatic heterocycles. The molecule has 0 amide bonds. The number of halogens is 2. The molecular weight excluding hydrogens is 329 g/mol. The highest BCUT2D eigenvalue weighted by atomic mass is 79.9. The van der Waals surface area contributed by atoms with Crippen molar-refractivity contribution >= 4 is 15.9 Å². The molecule has 2 atom stereocenters. The third-order valence-corrected chi connectivity index (χ3v) is 4.90. The van der Waals surface area contributed by atoms with Gasteiger partial charge in [-0.3, -0.25) is 0 Å². The smallest absolute Gasteiger partial charge is 0.123 e. The normalized spacial score (nSPS) is 18.5. The fourth-order valence-corrected chi connectivity index (χ4v) is 3.74. The summed E-state index contributed by atoms with van der Waals surface area (Å²) in [5.74, 6) is -0.172. The minimum Gasteiger partial charge on any atom is -0.307 e. The summed E-state index contributed by atoms with van der Waals surface area (Å²) in [7, 11) is 0. The molecule has 3 rings (SSSR count). The largest absolute Gasteiger partial charge is 0.307 e. The van der Waals surface area contributed by atoms with Gasteiger partial charge >= 0.3 is 0 Å². The van der Waals surface area contributed by atoms with E-state index in [0.717, 1.165) is 19.3 Å². The predicted octanol–water partition coefficient (Wildman–Crippen LogP) is 4.80. The quantitative estimate of drug-likeness (QED) is 0.837. The van der Waals surface area contributed by atoms with E-state index in [1.165, 1.54) is 33.3 Å². The average Bonchev–Trinajstić information content (AvgIpc) is 2.86. The van der Waals surface area contributed by atoms with E-state index in [0.29, 0.717) is 12.1 Å². The Morgan fingerprint density at radius 2 is 2.00 bits per heavy atom. The van der Waals surface area contributed by atoms with E-state index in [1.54, 1.807) is 0 Å². The van der Waals surface area contributed by atoms with Crippen LogP contribution in [0, 0.1) is 5.82 Å². The van der Waals surface area contributed by atoms with Crippen molar-refractivity contribution in [2.75, 3.05) is 0 Å². The number of hydrogen-bond acceptors (Lipinski definition) is 1. The Morgan fingerprint density at radius 3 is 2.76 bits per heavy atom. The van der Waals surface area contributed by atoms with Crippen molar-refractivity contribution in [3.8, 4) is 0 Å². The fraction of sp³-hybridized carbons (Fsp3) is 0.333. The summed E-state index contributed by atoms with van der Waals surface area (Å²) < 4.78 is 14.2. The second-order valence-electron chi connectivity index (χ2n) is 5.80. The number of nitrogens with one attached hydrogen (secondary N) is 1. The van der Waals surface area contributed by atoms with Crippen LogP contribution in [0.5, 0.6) is 0 Å². The van der Waals surface area contributed by atoms with Crippen molar-refractivity contribution in [2.24, 2.45) is 0 Å². The fourth-order valence-electron chi connectivity index (χ4n) is 3.16. The molecule has 21 heavy (non-hydrogen) atoms. The summed E-state index contributed by atoms with van der Waals surface area (Å²) in [6.45, 7) is 2.19. The lowest BCUT2D eigenvalue weighted by Crippen LogP contribution is -2.31. The Labute approximate surface area is 133 Å². The monoisotopic (exact) mass is 347 g/mol. The van der Waals surface area contributed by atoms with Crippen LogP contribution < -0.4 is 5.32 Å². The van der Waals surface area contributed by atoms with Crippen LogP contribution in [0.4, 0.5) is 4.39 Å². The minimum absolute atomic E-state index is 0.172. The SMILES string of the molecule is CC(Cc1ccc(F)cc1)NC1CCc2c(Br)cccc21. The lowest BCUT2D eigenvalue weighted by atomic mass is 10.0. The molecule has 0 spiro atoms. The first-order chi connectivity index (χ1) is 10.1. The van der Waals surface area contributed by atoms with Crippen LogP contribution in [0.1, 0.15) is 36.1 Å². The Morgan fingerprint density at radius 1 is 1.24 bits per heavy atom. The molecule has 0 radical (unpaired) electrons. The number of rotatable bonds is 4. The first-order valence-corrected chi connectivity index (χ1v) is 8.20. The van der Waals surface area contributed by atoms with Crippen molar-refractivity contribution in [1.29, 1.82) is 0 Å². The van der Waals surface area contributed by atoms with Gasteiger partial charge in [-0.2, -0.15) is 0 Å². The van der Waals surface area contributed by atoms with Gasteiger partial charge in [-0.05, 0) is 61.1 Å². The predicted molar refractivity (Wildman–Crippen MR) is 87.9 cm³/mol. The van der Waals surface area contributed by atoms with Gasteiger partial charge in [0.1, 0.15) is 5.82 Å². The molecular formula is C18H19BrFN. The van der Waals surface area contributed by atoms with Crippen molar-refractivity contribution in [3.63, 3.8) is 0 Å². The maximum Gasteiger partial charge on any atom is 0.123 e. The standard InChI is InChI=1S/C18H19BrFN/c1-12(11-13-5-7-14(20)8-6-13)21-18-10-9-15-16(18)3-2-4-17(15)19/h2-8,12,18,21H,9-11H2,1H3. The van der Waals surface area contributed by atoms with E-state index in [1.807, 2.05) is 12.1 Å². The van der Waals surface area contributed by atoms with Crippen molar-refractivity contribution < 1.29 is 4.39 Å². The molecule has 2 aromatic rings. The molecule has 0 saturated heterocycles. The summed E-state index contributed by atoms with van der Waals surface area (Å²) >= 11 is 3.64.